The van der Waals surface area contributed by atoms with Crippen LogP contribution in [-0.2, 0) is 0 Å². The van der Waals surface area contributed by atoms with E-state index in [4.69, 9.17) is 0 Å². The van der Waals surface area contributed by atoms with Crippen LogP contribution in [0, 0.1) is 20.8 Å². The molecule has 0 aliphatic carbocycles. The van der Waals surface area contributed by atoms with Crippen molar-refractivity contribution in [3.63, 3.8) is 0 Å². The minimum absolute atomic E-state index is 1.15. The first-order chi connectivity index (χ1) is 9.68. The van der Waals surface area contributed by atoms with Crippen molar-refractivity contribution in [2.45, 2.75) is 20.8 Å². The average molecular weight is 263 g/mol. The van der Waals surface area contributed by atoms with Gasteiger partial charge in [-0.05, 0) is 18.6 Å². The van der Waals surface area contributed by atoms with Gasteiger partial charge in [0.15, 0.2) is 11.4 Å². The van der Waals surface area contributed by atoms with E-state index < -0.39 is 0 Å². The Morgan fingerprint density at radius 2 is 1.45 bits per heavy atom. The summed E-state index contributed by atoms with van der Waals surface area (Å²) in [6, 6.07) is 18.9. The maximum Gasteiger partial charge on any atom is 0.256 e. The number of H-pyrrole nitrogens is 1. The van der Waals surface area contributed by atoms with Gasteiger partial charge in [-0.2, -0.15) is 4.57 Å². The highest BCUT2D eigenvalue weighted by Crippen LogP contribution is 2.21. The van der Waals surface area contributed by atoms with Crippen LogP contribution < -0.4 is 4.57 Å². The van der Waals surface area contributed by atoms with Gasteiger partial charge in [-0.1, -0.05) is 48.5 Å². The van der Waals surface area contributed by atoms with Crippen LogP contribution in [0.15, 0.2) is 54.6 Å². The number of nitrogens with zero attached hydrogens (tertiary/aromatic N) is 1. The number of imidazole rings is 1. The smallest absolute Gasteiger partial charge is 0.240 e. The molecule has 1 aromatic heterocycles. The largest absolute Gasteiger partial charge is 0.256 e. The Balaban J connectivity index is 2.20. The molecule has 1 heterocycles. The van der Waals surface area contributed by atoms with E-state index in [0.29, 0.717) is 0 Å². The van der Waals surface area contributed by atoms with Crippen molar-refractivity contribution in [2.24, 2.45) is 0 Å². The van der Waals surface area contributed by atoms with Gasteiger partial charge in [0.25, 0.3) is 5.82 Å². The fourth-order valence-corrected chi connectivity index (χ4v) is 2.75. The van der Waals surface area contributed by atoms with Crippen molar-refractivity contribution in [1.82, 2.24) is 4.98 Å². The SMILES string of the molecule is Cc1ccccc1-[n+]1c(C)[nH]c(-c2ccccc2)c1C. The molecule has 0 fully saturated rings. The Labute approximate surface area is 119 Å². The van der Waals surface area contributed by atoms with Gasteiger partial charge in [-0.25, -0.2) is 4.98 Å². The third kappa shape index (κ3) is 2.03. The van der Waals surface area contributed by atoms with Gasteiger partial charge in [0.05, 0.1) is 0 Å². The van der Waals surface area contributed by atoms with Gasteiger partial charge >= 0.3 is 0 Å². The van der Waals surface area contributed by atoms with Gasteiger partial charge < -0.3 is 0 Å². The second-order valence-corrected chi connectivity index (χ2v) is 5.16. The quantitative estimate of drug-likeness (QED) is 0.677. The molecule has 3 rings (SSSR count). The zero-order valence-electron chi connectivity index (χ0n) is 12.1. The highest BCUT2D eigenvalue weighted by Gasteiger charge is 2.21. The molecule has 0 spiro atoms. The number of hydrogen-bond donors (Lipinski definition) is 1. The second-order valence-electron chi connectivity index (χ2n) is 5.16. The van der Waals surface area contributed by atoms with Gasteiger partial charge in [0, 0.05) is 19.4 Å². The van der Waals surface area contributed by atoms with E-state index >= 15 is 0 Å². The van der Waals surface area contributed by atoms with Crippen molar-refractivity contribution in [2.75, 3.05) is 0 Å². The lowest BCUT2D eigenvalue weighted by Gasteiger charge is -2.04. The minimum Gasteiger partial charge on any atom is -0.240 e. The van der Waals surface area contributed by atoms with Crippen molar-refractivity contribution in [1.29, 1.82) is 0 Å². The zero-order valence-corrected chi connectivity index (χ0v) is 12.1. The van der Waals surface area contributed by atoms with Crippen molar-refractivity contribution < 1.29 is 4.57 Å². The van der Waals surface area contributed by atoms with E-state index in [2.05, 4.69) is 78.9 Å². The Kier molecular flexibility index (Phi) is 3.15. The van der Waals surface area contributed by atoms with Gasteiger partial charge in [0.1, 0.15) is 5.69 Å². The number of nitrogens with one attached hydrogen (secondary N) is 1. The number of aromatic nitrogens is 2. The third-order valence-corrected chi connectivity index (χ3v) is 3.76. The molecule has 100 valence electrons. The normalized spacial score (nSPS) is 10.8. The fraction of sp³-hybridized carbons (Fsp3) is 0.167. The number of aryl methyl sites for hydroxylation is 2. The summed E-state index contributed by atoms with van der Waals surface area (Å²) >= 11 is 0. The Hall–Kier alpha value is -2.35. The molecule has 0 saturated carbocycles. The summed E-state index contributed by atoms with van der Waals surface area (Å²) in [7, 11) is 0. The van der Waals surface area contributed by atoms with Crippen LogP contribution in [0.5, 0.6) is 0 Å². The van der Waals surface area contributed by atoms with E-state index in [1.807, 2.05) is 6.07 Å². The highest BCUT2D eigenvalue weighted by atomic mass is 15.1. The van der Waals surface area contributed by atoms with E-state index in [9.17, 15) is 0 Å². The maximum absolute atomic E-state index is 3.52. The summed E-state index contributed by atoms with van der Waals surface area (Å²) < 4.78 is 2.29. The van der Waals surface area contributed by atoms with Gasteiger partial charge in [-0.3, -0.25) is 0 Å². The molecular formula is C18H19N2+. The fourth-order valence-electron chi connectivity index (χ4n) is 2.75. The molecule has 0 bridgehead atoms. The van der Waals surface area contributed by atoms with Gasteiger partial charge in [-0.15, -0.1) is 0 Å². The number of aromatic amines is 1. The van der Waals surface area contributed by atoms with Crippen LogP contribution in [0.2, 0.25) is 0 Å². The second kappa shape index (κ2) is 4.97. The summed E-state index contributed by atoms with van der Waals surface area (Å²) in [4.78, 5) is 3.52. The van der Waals surface area contributed by atoms with Crippen molar-refractivity contribution >= 4 is 0 Å². The van der Waals surface area contributed by atoms with Crippen LogP contribution in [0.3, 0.4) is 0 Å². The predicted octanol–water partition coefficient (Wildman–Crippen LogP) is 3.88. The lowest BCUT2D eigenvalue weighted by molar-refractivity contribution is -0.608. The van der Waals surface area contributed by atoms with Crippen LogP contribution >= 0.6 is 0 Å². The molecule has 0 unspecified atom stereocenters. The third-order valence-electron chi connectivity index (χ3n) is 3.76. The molecule has 0 atom stereocenters. The molecule has 2 nitrogen and oxygen atoms in total. The predicted molar refractivity (Wildman–Crippen MR) is 82.0 cm³/mol. The molecule has 2 heteroatoms. The van der Waals surface area contributed by atoms with E-state index in [-0.39, 0.29) is 0 Å². The lowest BCUT2D eigenvalue weighted by atomic mass is 10.1. The highest BCUT2D eigenvalue weighted by molar-refractivity contribution is 5.60. The monoisotopic (exact) mass is 263 g/mol. The van der Waals surface area contributed by atoms with Gasteiger partial charge in [0.2, 0.25) is 0 Å². The molecule has 20 heavy (non-hydrogen) atoms. The number of hydrogen-bond acceptors (Lipinski definition) is 0. The molecule has 0 amide bonds. The molecule has 0 aliphatic heterocycles. The molecule has 2 aromatic carbocycles. The molecule has 3 aromatic rings. The molecule has 0 aliphatic rings. The Bertz CT molecular complexity index is 739. The summed E-state index contributed by atoms with van der Waals surface area (Å²) in [6.07, 6.45) is 0. The summed E-state index contributed by atoms with van der Waals surface area (Å²) in [5.41, 5.74) is 6.16. The minimum atomic E-state index is 1.15. The van der Waals surface area contributed by atoms with E-state index in [1.54, 1.807) is 0 Å². The lowest BCUT2D eigenvalue weighted by Crippen LogP contribution is -2.35. The first-order valence-electron chi connectivity index (χ1n) is 6.91. The Morgan fingerprint density at radius 3 is 2.15 bits per heavy atom. The van der Waals surface area contributed by atoms with Crippen molar-refractivity contribution in [3.8, 4) is 16.9 Å². The first-order valence-corrected chi connectivity index (χ1v) is 6.91. The zero-order chi connectivity index (χ0) is 14.1. The number of para-hydroxylation sites is 1. The van der Waals surface area contributed by atoms with E-state index in [0.717, 1.165) is 5.82 Å². The average Bonchev–Trinajstić information content (AvgIpc) is 2.76. The van der Waals surface area contributed by atoms with Crippen LogP contribution in [0.1, 0.15) is 17.1 Å². The van der Waals surface area contributed by atoms with E-state index in [1.165, 1.54) is 28.2 Å². The maximum atomic E-state index is 3.52. The van der Waals surface area contributed by atoms with Crippen LogP contribution in [0.25, 0.3) is 16.9 Å². The van der Waals surface area contributed by atoms with Crippen LogP contribution in [-0.4, -0.2) is 4.98 Å². The first kappa shape index (κ1) is 12.7. The summed E-state index contributed by atoms with van der Waals surface area (Å²) in [5, 5.41) is 0. The topological polar surface area (TPSA) is 19.7 Å². The number of benzene rings is 2. The molecule has 0 radical (unpaired) electrons. The summed E-state index contributed by atoms with van der Waals surface area (Å²) in [5.74, 6) is 1.15. The Morgan fingerprint density at radius 1 is 0.800 bits per heavy atom. The summed E-state index contributed by atoms with van der Waals surface area (Å²) in [6.45, 7) is 6.43. The molecular weight excluding hydrogens is 244 g/mol. The molecule has 1 N–H and O–H groups in total. The van der Waals surface area contributed by atoms with Crippen LogP contribution in [0.4, 0.5) is 0 Å². The molecule has 0 saturated heterocycles. The van der Waals surface area contributed by atoms with Crippen molar-refractivity contribution in [3.05, 3.63) is 71.7 Å². The standard InChI is InChI=1S/C18H18N2/c1-13-9-7-8-12-17(13)20-14(2)18(19-15(20)3)16-10-5-4-6-11-16/h4-12H,1-3H3/p+1. The number of rotatable bonds is 2.